The van der Waals surface area contributed by atoms with Crippen molar-refractivity contribution >= 4 is 5.69 Å². The Balaban J connectivity index is 2.51. The van der Waals surface area contributed by atoms with Gasteiger partial charge in [0, 0.05) is 17.6 Å². The summed E-state index contributed by atoms with van der Waals surface area (Å²) in [6.07, 6.45) is 3.59. The molecule has 0 unspecified atom stereocenters. The molecule has 0 aromatic heterocycles. The van der Waals surface area contributed by atoms with E-state index in [4.69, 9.17) is 0 Å². The lowest BCUT2D eigenvalue weighted by Gasteiger charge is -2.26. The van der Waals surface area contributed by atoms with Crippen LogP contribution >= 0.6 is 0 Å². The molecular weight excluding hydrogens is 182 g/mol. The van der Waals surface area contributed by atoms with E-state index in [1.807, 2.05) is 0 Å². The predicted octanol–water partition coefficient (Wildman–Crippen LogP) is 3.73. The Bertz CT molecular complexity index is 350. The fourth-order valence-electron chi connectivity index (χ4n) is 2.78. The standard InChI is InChI=1S/C14H21N/c1-4-11-8-7-9-12-13(11)15-10-14(12,5-2)6-3/h7-9,15H,4-6,10H2,1-3H3. The summed E-state index contributed by atoms with van der Waals surface area (Å²) in [6.45, 7) is 7.96. The SMILES string of the molecule is CCc1cccc2c1NCC2(CC)CC. The summed E-state index contributed by atoms with van der Waals surface area (Å²) in [7, 11) is 0. The van der Waals surface area contributed by atoms with Gasteiger partial charge >= 0.3 is 0 Å². The molecule has 0 saturated carbocycles. The summed E-state index contributed by atoms with van der Waals surface area (Å²) >= 11 is 0. The van der Waals surface area contributed by atoms with Gasteiger partial charge in [-0.1, -0.05) is 39.0 Å². The second-order valence-corrected chi connectivity index (χ2v) is 4.53. The van der Waals surface area contributed by atoms with Crippen molar-refractivity contribution in [3.05, 3.63) is 29.3 Å². The van der Waals surface area contributed by atoms with Crippen LogP contribution in [-0.4, -0.2) is 6.54 Å². The molecule has 0 aliphatic carbocycles. The molecule has 1 heteroatoms. The van der Waals surface area contributed by atoms with Gasteiger partial charge < -0.3 is 5.32 Å². The number of para-hydroxylation sites is 1. The van der Waals surface area contributed by atoms with E-state index in [0.717, 1.165) is 13.0 Å². The van der Waals surface area contributed by atoms with Crippen molar-refractivity contribution in [2.75, 3.05) is 11.9 Å². The molecule has 0 bridgehead atoms. The molecular formula is C14H21N. The van der Waals surface area contributed by atoms with Gasteiger partial charge in [-0.05, 0) is 30.4 Å². The smallest absolute Gasteiger partial charge is 0.0411 e. The highest BCUT2D eigenvalue weighted by molar-refractivity contribution is 5.65. The Morgan fingerprint density at radius 1 is 1.20 bits per heavy atom. The maximum absolute atomic E-state index is 3.61. The summed E-state index contributed by atoms with van der Waals surface area (Å²) in [5, 5.41) is 3.61. The first-order valence-electron chi connectivity index (χ1n) is 6.13. The summed E-state index contributed by atoms with van der Waals surface area (Å²) in [4.78, 5) is 0. The highest BCUT2D eigenvalue weighted by atomic mass is 14.9. The third-order valence-corrected chi connectivity index (χ3v) is 4.06. The molecule has 2 rings (SSSR count). The molecule has 1 aromatic carbocycles. The Kier molecular flexibility index (Phi) is 2.72. The highest BCUT2D eigenvalue weighted by Crippen LogP contribution is 2.43. The summed E-state index contributed by atoms with van der Waals surface area (Å²) in [6, 6.07) is 6.76. The van der Waals surface area contributed by atoms with E-state index in [0.29, 0.717) is 5.41 Å². The maximum Gasteiger partial charge on any atom is 0.0411 e. The summed E-state index contributed by atoms with van der Waals surface area (Å²) < 4.78 is 0. The molecule has 1 heterocycles. The Labute approximate surface area is 92.9 Å². The third kappa shape index (κ3) is 1.45. The van der Waals surface area contributed by atoms with Crippen LogP contribution in [0.15, 0.2) is 18.2 Å². The van der Waals surface area contributed by atoms with Crippen LogP contribution in [0.2, 0.25) is 0 Å². The number of nitrogens with one attached hydrogen (secondary N) is 1. The van der Waals surface area contributed by atoms with Crippen LogP contribution < -0.4 is 5.32 Å². The molecule has 1 aromatic rings. The molecule has 1 aliphatic rings. The van der Waals surface area contributed by atoms with Crippen LogP contribution in [0, 0.1) is 0 Å². The minimum Gasteiger partial charge on any atom is -0.384 e. The van der Waals surface area contributed by atoms with Gasteiger partial charge in [-0.2, -0.15) is 0 Å². The lowest BCUT2D eigenvalue weighted by molar-refractivity contribution is 0.437. The third-order valence-electron chi connectivity index (χ3n) is 4.06. The quantitative estimate of drug-likeness (QED) is 0.789. The lowest BCUT2D eigenvalue weighted by atomic mass is 9.77. The highest BCUT2D eigenvalue weighted by Gasteiger charge is 2.36. The van der Waals surface area contributed by atoms with Crippen LogP contribution in [0.25, 0.3) is 0 Å². The fraction of sp³-hybridized carbons (Fsp3) is 0.571. The van der Waals surface area contributed by atoms with Gasteiger partial charge in [0.15, 0.2) is 0 Å². The average Bonchev–Trinajstić information content (AvgIpc) is 2.68. The second-order valence-electron chi connectivity index (χ2n) is 4.53. The molecule has 82 valence electrons. The minimum atomic E-state index is 0.389. The summed E-state index contributed by atoms with van der Waals surface area (Å²) in [5.41, 5.74) is 4.83. The van der Waals surface area contributed by atoms with Gasteiger partial charge in [0.05, 0.1) is 0 Å². The van der Waals surface area contributed by atoms with Crippen molar-refractivity contribution in [2.24, 2.45) is 0 Å². The van der Waals surface area contributed by atoms with E-state index < -0.39 is 0 Å². The van der Waals surface area contributed by atoms with Crippen molar-refractivity contribution in [3.63, 3.8) is 0 Å². The minimum absolute atomic E-state index is 0.389. The molecule has 0 atom stereocenters. The van der Waals surface area contributed by atoms with Crippen molar-refractivity contribution in [3.8, 4) is 0 Å². The Hall–Kier alpha value is -0.980. The normalized spacial score (nSPS) is 17.3. The van der Waals surface area contributed by atoms with Crippen LogP contribution in [0.5, 0.6) is 0 Å². The fourth-order valence-corrected chi connectivity index (χ4v) is 2.78. The van der Waals surface area contributed by atoms with E-state index in [9.17, 15) is 0 Å². The number of hydrogen-bond acceptors (Lipinski definition) is 1. The number of aryl methyl sites for hydroxylation is 1. The molecule has 1 aliphatic heterocycles. The summed E-state index contributed by atoms with van der Waals surface area (Å²) in [5.74, 6) is 0. The molecule has 0 spiro atoms. The van der Waals surface area contributed by atoms with Gasteiger partial charge in [-0.15, -0.1) is 0 Å². The van der Waals surface area contributed by atoms with Gasteiger partial charge in [0.2, 0.25) is 0 Å². The van der Waals surface area contributed by atoms with Crippen molar-refractivity contribution in [1.82, 2.24) is 0 Å². The van der Waals surface area contributed by atoms with E-state index >= 15 is 0 Å². The number of fused-ring (bicyclic) bond motifs is 1. The number of rotatable bonds is 3. The number of anilines is 1. The van der Waals surface area contributed by atoms with Crippen LogP contribution in [0.4, 0.5) is 5.69 Å². The van der Waals surface area contributed by atoms with Crippen LogP contribution in [0.3, 0.4) is 0 Å². The van der Waals surface area contributed by atoms with Gasteiger partial charge in [-0.3, -0.25) is 0 Å². The largest absolute Gasteiger partial charge is 0.384 e. The van der Waals surface area contributed by atoms with Crippen LogP contribution in [-0.2, 0) is 11.8 Å². The van der Waals surface area contributed by atoms with E-state index in [1.54, 1.807) is 5.56 Å². The maximum atomic E-state index is 3.61. The van der Waals surface area contributed by atoms with Crippen molar-refractivity contribution in [1.29, 1.82) is 0 Å². The second kappa shape index (κ2) is 3.88. The predicted molar refractivity (Wildman–Crippen MR) is 66.6 cm³/mol. The first-order valence-corrected chi connectivity index (χ1v) is 6.13. The van der Waals surface area contributed by atoms with Gasteiger partial charge in [0.25, 0.3) is 0 Å². The first kappa shape index (κ1) is 10.5. The van der Waals surface area contributed by atoms with Crippen molar-refractivity contribution < 1.29 is 0 Å². The first-order chi connectivity index (χ1) is 7.27. The van der Waals surface area contributed by atoms with Gasteiger partial charge in [0.1, 0.15) is 0 Å². The molecule has 15 heavy (non-hydrogen) atoms. The molecule has 1 N–H and O–H groups in total. The number of benzene rings is 1. The topological polar surface area (TPSA) is 12.0 Å². The zero-order valence-corrected chi connectivity index (χ0v) is 10.1. The zero-order valence-electron chi connectivity index (χ0n) is 10.1. The van der Waals surface area contributed by atoms with E-state index in [-0.39, 0.29) is 0 Å². The zero-order chi connectivity index (χ0) is 10.9. The van der Waals surface area contributed by atoms with E-state index in [2.05, 4.69) is 44.3 Å². The number of hydrogen-bond donors (Lipinski definition) is 1. The molecule has 0 radical (unpaired) electrons. The average molecular weight is 203 g/mol. The molecule has 0 saturated heterocycles. The van der Waals surface area contributed by atoms with Gasteiger partial charge in [-0.25, -0.2) is 0 Å². The Morgan fingerprint density at radius 3 is 2.53 bits per heavy atom. The van der Waals surface area contributed by atoms with E-state index in [1.165, 1.54) is 24.1 Å². The lowest BCUT2D eigenvalue weighted by Crippen LogP contribution is -2.26. The van der Waals surface area contributed by atoms with Crippen LogP contribution in [0.1, 0.15) is 44.7 Å². The Morgan fingerprint density at radius 2 is 1.93 bits per heavy atom. The molecule has 0 amide bonds. The molecule has 1 nitrogen and oxygen atoms in total. The molecule has 0 fully saturated rings. The monoisotopic (exact) mass is 203 g/mol. The van der Waals surface area contributed by atoms with Crippen molar-refractivity contribution in [2.45, 2.75) is 45.4 Å².